The van der Waals surface area contributed by atoms with Crippen molar-refractivity contribution in [2.24, 2.45) is 0 Å². The fourth-order valence-corrected chi connectivity index (χ4v) is 5.42. The molecule has 3 aromatic heterocycles. The number of aryl methyl sites for hydroxylation is 1. The molecule has 198 valence electrons. The van der Waals surface area contributed by atoms with Gasteiger partial charge in [0.1, 0.15) is 24.2 Å². The van der Waals surface area contributed by atoms with E-state index in [1.165, 1.54) is 33.2 Å². The first-order chi connectivity index (χ1) is 18.5. The number of benzene rings is 1. The van der Waals surface area contributed by atoms with Crippen LogP contribution in [0.25, 0.3) is 11.6 Å². The van der Waals surface area contributed by atoms with Gasteiger partial charge >= 0.3 is 0 Å². The van der Waals surface area contributed by atoms with Crippen LogP contribution in [-0.4, -0.2) is 43.0 Å². The monoisotopic (exact) mass is 536 g/mol. The molecule has 1 aliphatic rings. The molecule has 0 unspecified atom stereocenters. The molecule has 5 rings (SSSR count). The van der Waals surface area contributed by atoms with E-state index in [2.05, 4.69) is 20.7 Å². The number of thiophene rings is 1. The van der Waals surface area contributed by atoms with Gasteiger partial charge in [-0.05, 0) is 66.3 Å². The first kappa shape index (κ1) is 25.8. The zero-order valence-electron chi connectivity index (χ0n) is 21.0. The molecular formula is C27H29FN6O3S. The minimum atomic E-state index is -0.956. The highest BCUT2D eigenvalue weighted by Gasteiger charge is 2.33. The van der Waals surface area contributed by atoms with E-state index >= 15 is 0 Å². The van der Waals surface area contributed by atoms with Gasteiger partial charge in [0.25, 0.3) is 0 Å². The summed E-state index contributed by atoms with van der Waals surface area (Å²) in [5.74, 6) is 0.357. The van der Waals surface area contributed by atoms with E-state index in [1.54, 1.807) is 24.3 Å². The summed E-state index contributed by atoms with van der Waals surface area (Å²) in [6.45, 7) is 1.79. The van der Waals surface area contributed by atoms with Crippen LogP contribution in [-0.2, 0) is 22.7 Å². The van der Waals surface area contributed by atoms with Crippen molar-refractivity contribution in [3.63, 3.8) is 0 Å². The lowest BCUT2D eigenvalue weighted by Crippen LogP contribution is -2.47. The number of furan rings is 1. The highest BCUT2D eigenvalue weighted by molar-refractivity contribution is 7.09. The molecule has 1 aliphatic carbocycles. The molecule has 0 radical (unpaired) electrons. The Balaban J connectivity index is 1.44. The number of aromatic nitrogens is 4. The Morgan fingerprint density at radius 1 is 1.16 bits per heavy atom. The second kappa shape index (κ2) is 11.7. The van der Waals surface area contributed by atoms with E-state index in [-0.39, 0.29) is 36.8 Å². The number of carbonyl (C=O) groups is 2. The number of nitrogens with one attached hydrogen (secondary N) is 1. The van der Waals surface area contributed by atoms with E-state index < -0.39 is 11.9 Å². The van der Waals surface area contributed by atoms with Crippen molar-refractivity contribution < 1.29 is 18.4 Å². The quantitative estimate of drug-likeness (QED) is 0.334. The summed E-state index contributed by atoms with van der Waals surface area (Å²) in [4.78, 5) is 31.2. The molecule has 1 atom stereocenters. The number of rotatable bonds is 9. The van der Waals surface area contributed by atoms with Crippen LogP contribution in [0, 0.1) is 12.7 Å². The standard InChI is InChI=1S/C27H29FN6O3S/c1-18-9-14-23(37-18)26-30-32-34(31-26)17-24(35)33(16-22-8-5-15-38-22)25(19-10-12-20(28)13-11-19)27(36)29-21-6-3-2-4-7-21/h5,8-15,21,25H,2-4,6-7,16-17H2,1H3,(H,29,36)/t25-/m0/s1. The molecule has 1 aromatic carbocycles. The molecule has 0 spiro atoms. The second-order valence-electron chi connectivity index (χ2n) is 9.45. The smallest absolute Gasteiger partial charge is 0.247 e. The summed E-state index contributed by atoms with van der Waals surface area (Å²) in [5.41, 5.74) is 0.530. The summed E-state index contributed by atoms with van der Waals surface area (Å²) in [6, 6.07) is 12.2. The van der Waals surface area contributed by atoms with Crippen LogP contribution in [0.15, 0.2) is 58.3 Å². The number of tetrazole rings is 1. The Labute approximate surface area is 223 Å². The summed E-state index contributed by atoms with van der Waals surface area (Å²) < 4.78 is 19.4. The number of carbonyl (C=O) groups excluding carboxylic acids is 2. The predicted octanol–water partition coefficient (Wildman–Crippen LogP) is 4.66. The van der Waals surface area contributed by atoms with Crippen LogP contribution in [0.2, 0.25) is 0 Å². The summed E-state index contributed by atoms with van der Waals surface area (Å²) >= 11 is 1.49. The first-order valence-electron chi connectivity index (χ1n) is 12.7. The second-order valence-corrected chi connectivity index (χ2v) is 10.5. The van der Waals surface area contributed by atoms with Gasteiger partial charge in [-0.2, -0.15) is 4.80 Å². The Morgan fingerprint density at radius 2 is 1.95 bits per heavy atom. The minimum Gasteiger partial charge on any atom is -0.458 e. The molecule has 2 amide bonds. The zero-order chi connectivity index (χ0) is 26.5. The van der Waals surface area contributed by atoms with Gasteiger partial charge in [0.05, 0.1) is 6.54 Å². The number of amides is 2. The minimum absolute atomic E-state index is 0.0502. The molecule has 1 fully saturated rings. The SMILES string of the molecule is Cc1ccc(-c2nnn(CC(=O)N(Cc3cccs3)[C@H](C(=O)NC3CCCCC3)c3ccc(F)cc3)n2)o1. The van der Waals surface area contributed by atoms with Gasteiger partial charge in [-0.3, -0.25) is 9.59 Å². The van der Waals surface area contributed by atoms with Crippen LogP contribution in [0.4, 0.5) is 4.39 Å². The number of hydrogen-bond acceptors (Lipinski definition) is 7. The van der Waals surface area contributed by atoms with Gasteiger partial charge in [0, 0.05) is 10.9 Å². The molecule has 1 saturated carbocycles. The fourth-order valence-electron chi connectivity index (χ4n) is 4.71. The molecule has 38 heavy (non-hydrogen) atoms. The average molecular weight is 537 g/mol. The lowest BCUT2D eigenvalue weighted by Gasteiger charge is -2.33. The van der Waals surface area contributed by atoms with Gasteiger partial charge in [-0.15, -0.1) is 21.5 Å². The molecule has 0 aliphatic heterocycles. The number of hydrogen-bond donors (Lipinski definition) is 1. The highest BCUT2D eigenvalue weighted by Crippen LogP contribution is 2.27. The van der Waals surface area contributed by atoms with E-state index in [9.17, 15) is 14.0 Å². The van der Waals surface area contributed by atoms with Crippen LogP contribution < -0.4 is 5.32 Å². The molecule has 3 heterocycles. The normalized spacial score (nSPS) is 14.8. The molecule has 0 bridgehead atoms. The Morgan fingerprint density at radius 3 is 2.63 bits per heavy atom. The number of nitrogens with zero attached hydrogens (tertiary/aromatic N) is 5. The van der Waals surface area contributed by atoms with Crippen molar-refractivity contribution in [3.05, 3.63) is 75.9 Å². The molecule has 0 saturated heterocycles. The van der Waals surface area contributed by atoms with Crippen molar-refractivity contribution in [3.8, 4) is 11.6 Å². The molecule has 11 heteroatoms. The maximum atomic E-state index is 13.8. The van der Waals surface area contributed by atoms with Gasteiger partial charge in [-0.25, -0.2) is 4.39 Å². The third-order valence-electron chi connectivity index (χ3n) is 6.61. The predicted molar refractivity (Wildman–Crippen MR) is 139 cm³/mol. The largest absolute Gasteiger partial charge is 0.458 e. The third kappa shape index (κ3) is 6.16. The van der Waals surface area contributed by atoms with Crippen molar-refractivity contribution in [1.82, 2.24) is 30.4 Å². The van der Waals surface area contributed by atoms with Crippen molar-refractivity contribution >= 4 is 23.2 Å². The molecule has 4 aromatic rings. The Bertz CT molecular complexity index is 1360. The number of halogens is 1. The van der Waals surface area contributed by atoms with Crippen LogP contribution in [0.3, 0.4) is 0 Å². The maximum absolute atomic E-state index is 13.8. The van der Waals surface area contributed by atoms with E-state index in [1.807, 2.05) is 24.4 Å². The lowest BCUT2D eigenvalue weighted by molar-refractivity contribution is -0.142. The van der Waals surface area contributed by atoms with Crippen molar-refractivity contribution in [2.45, 2.75) is 64.2 Å². The lowest BCUT2D eigenvalue weighted by atomic mass is 9.94. The Hall–Kier alpha value is -3.86. The van der Waals surface area contributed by atoms with Gasteiger partial charge in [-0.1, -0.05) is 37.5 Å². The fraction of sp³-hybridized carbons (Fsp3) is 0.370. The van der Waals surface area contributed by atoms with Gasteiger partial charge in [0.15, 0.2) is 5.76 Å². The third-order valence-corrected chi connectivity index (χ3v) is 7.48. The van der Waals surface area contributed by atoms with Crippen LogP contribution >= 0.6 is 11.3 Å². The van der Waals surface area contributed by atoms with Crippen LogP contribution in [0.1, 0.15) is 54.3 Å². The van der Waals surface area contributed by atoms with E-state index in [0.717, 1.165) is 37.0 Å². The van der Waals surface area contributed by atoms with Crippen LogP contribution in [0.5, 0.6) is 0 Å². The maximum Gasteiger partial charge on any atom is 0.247 e. The summed E-state index contributed by atoms with van der Waals surface area (Å²) in [5, 5.41) is 17.4. The Kier molecular flexibility index (Phi) is 7.92. The van der Waals surface area contributed by atoms with Gasteiger partial charge in [0.2, 0.25) is 17.6 Å². The van der Waals surface area contributed by atoms with E-state index in [4.69, 9.17) is 4.42 Å². The van der Waals surface area contributed by atoms with Gasteiger partial charge < -0.3 is 14.6 Å². The molecule has 9 nitrogen and oxygen atoms in total. The summed E-state index contributed by atoms with van der Waals surface area (Å²) in [6.07, 6.45) is 5.07. The highest BCUT2D eigenvalue weighted by atomic mass is 32.1. The topological polar surface area (TPSA) is 106 Å². The van der Waals surface area contributed by atoms with Crippen molar-refractivity contribution in [1.29, 1.82) is 0 Å². The van der Waals surface area contributed by atoms with E-state index in [0.29, 0.717) is 17.1 Å². The zero-order valence-corrected chi connectivity index (χ0v) is 21.9. The molecule has 1 N–H and O–H groups in total. The summed E-state index contributed by atoms with van der Waals surface area (Å²) in [7, 11) is 0. The van der Waals surface area contributed by atoms with Crippen molar-refractivity contribution in [2.75, 3.05) is 0 Å². The first-order valence-corrected chi connectivity index (χ1v) is 13.6. The molecular weight excluding hydrogens is 507 g/mol. The average Bonchev–Trinajstić information content (AvgIpc) is 3.68.